The van der Waals surface area contributed by atoms with Crippen LogP contribution in [0.1, 0.15) is 12.5 Å². The lowest BCUT2D eigenvalue weighted by atomic mass is 10.2. The third-order valence-electron chi connectivity index (χ3n) is 3.79. The molecule has 0 unspecified atom stereocenters. The molecule has 0 aliphatic rings. The van der Waals surface area contributed by atoms with Crippen molar-refractivity contribution in [3.63, 3.8) is 0 Å². The summed E-state index contributed by atoms with van der Waals surface area (Å²) in [6.07, 6.45) is 1.81. The van der Waals surface area contributed by atoms with Gasteiger partial charge in [-0.15, -0.1) is 0 Å². The van der Waals surface area contributed by atoms with Crippen molar-refractivity contribution in [2.45, 2.75) is 6.92 Å². The molecule has 7 heteroatoms. The molecule has 0 bridgehead atoms. The van der Waals surface area contributed by atoms with Gasteiger partial charge in [0.1, 0.15) is 0 Å². The standard InChI is InChI=1S/C18H13IN2O3S/c1-2-24-14-8-10(7-11(19)16(14)22)9-15-17(23)21-13-6-4-3-5-12(13)20-18(21)25-15/h3-9,22H,2H2,1H3/b15-9-. The van der Waals surface area contributed by atoms with E-state index < -0.39 is 0 Å². The molecule has 4 aromatic rings. The number of rotatable bonds is 3. The molecule has 0 atom stereocenters. The predicted octanol–water partition coefficient (Wildman–Crippen LogP) is 3.17. The lowest BCUT2D eigenvalue weighted by molar-refractivity contribution is 0.317. The van der Waals surface area contributed by atoms with Crippen LogP contribution in [0.15, 0.2) is 41.2 Å². The number of para-hydroxylation sites is 2. The number of thiazole rings is 1. The Balaban J connectivity index is 1.93. The van der Waals surface area contributed by atoms with Gasteiger partial charge in [0, 0.05) is 0 Å². The maximum absolute atomic E-state index is 12.8. The number of phenolic OH excluding ortho intramolecular Hbond substituents is 1. The highest BCUT2D eigenvalue weighted by molar-refractivity contribution is 14.1. The van der Waals surface area contributed by atoms with Gasteiger partial charge in [0.25, 0.3) is 5.56 Å². The van der Waals surface area contributed by atoms with E-state index in [9.17, 15) is 9.90 Å². The molecule has 0 fully saturated rings. The Bertz CT molecular complexity index is 1210. The molecule has 0 aliphatic carbocycles. The smallest absolute Gasteiger partial charge is 0.274 e. The Kier molecular flexibility index (Phi) is 4.12. The van der Waals surface area contributed by atoms with Gasteiger partial charge in [0.15, 0.2) is 16.5 Å². The molecule has 5 nitrogen and oxygen atoms in total. The summed E-state index contributed by atoms with van der Waals surface area (Å²) >= 11 is 3.40. The van der Waals surface area contributed by atoms with E-state index in [0.29, 0.717) is 25.4 Å². The molecule has 0 saturated heterocycles. The summed E-state index contributed by atoms with van der Waals surface area (Å²) in [4.78, 5) is 18.0. The normalized spacial score (nSPS) is 12.3. The summed E-state index contributed by atoms with van der Waals surface area (Å²) in [5.74, 6) is 0.536. The SMILES string of the molecule is CCOc1cc(/C=c2\sc3nc4ccccc4n3c2=O)cc(I)c1O. The Labute approximate surface area is 160 Å². The molecule has 0 radical (unpaired) electrons. The van der Waals surface area contributed by atoms with Crippen LogP contribution in [-0.2, 0) is 0 Å². The first-order chi connectivity index (χ1) is 12.1. The highest BCUT2D eigenvalue weighted by Gasteiger charge is 2.12. The van der Waals surface area contributed by atoms with Crippen molar-refractivity contribution in [1.82, 2.24) is 9.38 Å². The summed E-state index contributed by atoms with van der Waals surface area (Å²) in [6, 6.07) is 11.1. The number of aromatic nitrogens is 2. The van der Waals surface area contributed by atoms with Crippen LogP contribution in [0.2, 0.25) is 0 Å². The molecule has 0 aliphatic heterocycles. The van der Waals surface area contributed by atoms with Crippen LogP contribution in [0, 0.1) is 3.57 Å². The largest absolute Gasteiger partial charge is 0.504 e. The summed E-state index contributed by atoms with van der Waals surface area (Å²) < 4.78 is 8.37. The van der Waals surface area contributed by atoms with Gasteiger partial charge >= 0.3 is 0 Å². The third-order valence-corrected chi connectivity index (χ3v) is 5.58. The lowest BCUT2D eigenvalue weighted by Crippen LogP contribution is -2.22. The minimum absolute atomic E-state index is 0.0882. The molecule has 25 heavy (non-hydrogen) atoms. The summed E-state index contributed by atoms with van der Waals surface area (Å²) in [7, 11) is 0. The van der Waals surface area contributed by atoms with Crippen molar-refractivity contribution < 1.29 is 9.84 Å². The van der Waals surface area contributed by atoms with Crippen LogP contribution in [0.4, 0.5) is 0 Å². The zero-order valence-corrected chi connectivity index (χ0v) is 16.2. The number of phenols is 1. The summed E-state index contributed by atoms with van der Waals surface area (Å²) in [6.45, 7) is 2.32. The third kappa shape index (κ3) is 2.77. The molecule has 0 saturated carbocycles. The zero-order valence-electron chi connectivity index (χ0n) is 13.2. The molecule has 0 amide bonds. The van der Waals surface area contributed by atoms with Crippen LogP contribution in [0.25, 0.3) is 22.1 Å². The first kappa shape index (κ1) is 16.3. The second-order valence-electron chi connectivity index (χ2n) is 5.42. The number of aromatic hydroxyl groups is 1. The predicted molar refractivity (Wildman–Crippen MR) is 108 cm³/mol. The Morgan fingerprint density at radius 2 is 2.16 bits per heavy atom. The van der Waals surface area contributed by atoms with Crippen LogP contribution >= 0.6 is 33.9 Å². The molecule has 2 heterocycles. The van der Waals surface area contributed by atoms with Gasteiger partial charge in [0.05, 0.1) is 25.7 Å². The second-order valence-corrected chi connectivity index (χ2v) is 7.59. The van der Waals surface area contributed by atoms with Crippen molar-refractivity contribution in [2.24, 2.45) is 0 Å². The van der Waals surface area contributed by atoms with Crippen LogP contribution in [-0.4, -0.2) is 21.1 Å². The highest BCUT2D eigenvalue weighted by Crippen LogP contribution is 2.33. The molecule has 1 N–H and O–H groups in total. The maximum atomic E-state index is 12.8. The maximum Gasteiger partial charge on any atom is 0.274 e. The van der Waals surface area contributed by atoms with Crippen molar-refractivity contribution >= 4 is 56.0 Å². The first-order valence-corrected chi connectivity index (χ1v) is 9.55. The minimum Gasteiger partial charge on any atom is -0.504 e. The number of nitrogens with zero attached hydrogens (tertiary/aromatic N) is 2. The number of halogens is 1. The van der Waals surface area contributed by atoms with Crippen molar-refractivity contribution in [3.05, 3.63) is 60.4 Å². The molecule has 0 spiro atoms. The van der Waals surface area contributed by atoms with E-state index in [0.717, 1.165) is 16.6 Å². The number of hydrogen-bond acceptors (Lipinski definition) is 5. The van der Waals surface area contributed by atoms with Crippen molar-refractivity contribution in [3.8, 4) is 11.5 Å². The van der Waals surface area contributed by atoms with E-state index in [1.165, 1.54) is 11.3 Å². The van der Waals surface area contributed by atoms with Gasteiger partial charge in [-0.05, 0) is 65.4 Å². The lowest BCUT2D eigenvalue weighted by Gasteiger charge is -2.08. The van der Waals surface area contributed by atoms with Gasteiger partial charge in [-0.25, -0.2) is 9.38 Å². The monoisotopic (exact) mass is 464 g/mol. The first-order valence-electron chi connectivity index (χ1n) is 7.65. The van der Waals surface area contributed by atoms with Crippen molar-refractivity contribution in [1.29, 1.82) is 0 Å². The number of hydrogen-bond donors (Lipinski definition) is 1. The van der Waals surface area contributed by atoms with Gasteiger partial charge in [0.2, 0.25) is 0 Å². The second kappa shape index (κ2) is 6.30. The molecule has 2 aromatic carbocycles. The number of benzene rings is 2. The minimum atomic E-state index is -0.0882. The zero-order chi connectivity index (χ0) is 17.6. The fourth-order valence-corrected chi connectivity index (χ4v) is 4.32. The molecule has 126 valence electrons. The Hall–Kier alpha value is -2.13. The fraction of sp³-hybridized carbons (Fsp3) is 0.111. The van der Waals surface area contributed by atoms with Gasteiger partial charge in [-0.3, -0.25) is 4.79 Å². The van der Waals surface area contributed by atoms with E-state index >= 15 is 0 Å². The quantitative estimate of drug-likeness (QED) is 0.474. The van der Waals surface area contributed by atoms with E-state index in [1.807, 2.05) is 59.8 Å². The van der Waals surface area contributed by atoms with E-state index in [-0.39, 0.29) is 11.3 Å². The van der Waals surface area contributed by atoms with Crippen LogP contribution in [0.5, 0.6) is 11.5 Å². The van der Waals surface area contributed by atoms with Gasteiger partial charge < -0.3 is 9.84 Å². The van der Waals surface area contributed by atoms with E-state index in [2.05, 4.69) is 4.98 Å². The van der Waals surface area contributed by atoms with Crippen LogP contribution < -0.4 is 14.8 Å². The summed E-state index contributed by atoms with van der Waals surface area (Å²) in [5, 5.41) is 10.1. The number of ether oxygens (including phenoxy) is 1. The number of fused-ring (bicyclic) bond motifs is 3. The number of imidazole rings is 1. The Morgan fingerprint density at radius 3 is 2.96 bits per heavy atom. The average Bonchev–Trinajstić information content (AvgIpc) is 3.09. The Morgan fingerprint density at radius 1 is 1.36 bits per heavy atom. The van der Waals surface area contributed by atoms with Crippen molar-refractivity contribution in [2.75, 3.05) is 6.61 Å². The molecular formula is C18H13IN2O3S. The molecule has 2 aromatic heterocycles. The van der Waals surface area contributed by atoms with Crippen LogP contribution in [0.3, 0.4) is 0 Å². The van der Waals surface area contributed by atoms with Gasteiger partial charge in [-0.1, -0.05) is 23.5 Å². The fourth-order valence-electron chi connectivity index (χ4n) is 2.71. The topological polar surface area (TPSA) is 63.8 Å². The molecular weight excluding hydrogens is 451 g/mol. The highest BCUT2D eigenvalue weighted by atomic mass is 127. The molecule has 4 rings (SSSR count). The van der Waals surface area contributed by atoms with E-state index in [1.54, 1.807) is 16.5 Å². The van der Waals surface area contributed by atoms with E-state index in [4.69, 9.17) is 4.74 Å². The average molecular weight is 464 g/mol. The summed E-state index contributed by atoms with van der Waals surface area (Å²) in [5.41, 5.74) is 2.34. The van der Waals surface area contributed by atoms with Gasteiger partial charge in [-0.2, -0.15) is 0 Å².